The van der Waals surface area contributed by atoms with Crippen molar-refractivity contribution < 1.29 is 87.8 Å². The van der Waals surface area contributed by atoms with Crippen molar-refractivity contribution in [1.29, 1.82) is 0 Å². The van der Waals surface area contributed by atoms with Gasteiger partial charge in [-0.05, 0) is 0 Å². The summed E-state index contributed by atoms with van der Waals surface area (Å²) in [5, 5.41) is 0. The van der Waals surface area contributed by atoms with E-state index in [1.165, 1.54) is 0 Å². The Kier molecular flexibility index (Phi) is 4920. The van der Waals surface area contributed by atoms with E-state index in [9.17, 15) is 0 Å². The average Bonchev–Trinajstić information content (AvgIpc) is 0. The van der Waals surface area contributed by atoms with Crippen LogP contribution in [0.15, 0.2) is 0 Å². The van der Waals surface area contributed by atoms with E-state index in [1.807, 2.05) is 0 Å². The summed E-state index contributed by atoms with van der Waals surface area (Å²) in [7, 11) is 0. The second-order valence-corrected chi connectivity index (χ2v) is 0. The van der Waals surface area contributed by atoms with Gasteiger partial charge in [-0.1, -0.05) is 0 Å². The van der Waals surface area contributed by atoms with Crippen molar-refractivity contribution in [3.05, 3.63) is 0 Å². The summed E-state index contributed by atoms with van der Waals surface area (Å²) in [4.78, 5) is 0. The molecular formula is H3Cl3Fe2O3. The number of rotatable bonds is 0. The molecule has 0 heterocycles. The van der Waals surface area contributed by atoms with Gasteiger partial charge in [0.1, 0.15) is 0 Å². The molecule has 0 bridgehead atoms. The topological polar surface area (TPSA) is 90.0 Å². The molecule has 0 spiro atoms. The fourth-order valence-corrected chi connectivity index (χ4v) is 0. The van der Waals surface area contributed by atoms with Crippen LogP contribution in [-0.4, -0.2) is 16.4 Å². The molecule has 3 nitrogen and oxygen atoms in total. The molecule has 0 aliphatic rings. The Morgan fingerprint density at radius 3 is 0.375 bits per heavy atom. The summed E-state index contributed by atoms with van der Waals surface area (Å²) in [5.74, 6) is 0. The van der Waals surface area contributed by atoms with Crippen molar-refractivity contribution in [3.63, 3.8) is 0 Å². The minimum absolute atomic E-state index is 0. The molecule has 8 heavy (non-hydrogen) atoms. The summed E-state index contributed by atoms with van der Waals surface area (Å²) >= 11 is 0. The third-order valence-corrected chi connectivity index (χ3v) is 0. The van der Waals surface area contributed by atoms with E-state index in [0.29, 0.717) is 0 Å². The van der Waals surface area contributed by atoms with E-state index in [4.69, 9.17) is 0 Å². The van der Waals surface area contributed by atoms with Crippen LogP contribution in [0, 0.1) is 0 Å². The van der Waals surface area contributed by atoms with E-state index in [1.54, 1.807) is 0 Å². The van der Waals surface area contributed by atoms with Crippen LogP contribution in [0.25, 0.3) is 0 Å². The Labute approximate surface area is 87.5 Å². The van der Waals surface area contributed by atoms with Gasteiger partial charge in [-0.25, -0.2) is 0 Å². The number of hydrogen-bond acceptors (Lipinski definition) is 3. The maximum Gasteiger partial charge on any atom is 3.00 e. The van der Waals surface area contributed by atoms with Crippen molar-refractivity contribution in [2.24, 2.45) is 0 Å². The number of halogens is 3. The molecule has 0 amide bonds. The van der Waals surface area contributed by atoms with Crippen LogP contribution < -0.4 is 37.2 Å². The van der Waals surface area contributed by atoms with Crippen LogP contribution in [0.4, 0.5) is 0 Å². The molecule has 0 aromatic carbocycles. The largest absolute Gasteiger partial charge is 3.00 e. The fourth-order valence-electron chi connectivity index (χ4n) is 0. The molecule has 0 saturated heterocycles. The maximum atomic E-state index is 0. The summed E-state index contributed by atoms with van der Waals surface area (Å²) in [6.07, 6.45) is 0. The normalized spacial score (nSPS) is 0. The van der Waals surface area contributed by atoms with Gasteiger partial charge >= 0.3 is 34.1 Å². The first-order valence-corrected chi connectivity index (χ1v) is 0. The third kappa shape index (κ3) is 112. The standard InChI is InChI=1S/3ClH.2Fe.3H2O/h3*1H;;;3*1H2/q;;;2*+3;;;/p-6. The van der Waals surface area contributed by atoms with Gasteiger partial charge < -0.3 is 53.6 Å². The minimum atomic E-state index is 0. The Morgan fingerprint density at radius 1 is 0.375 bits per heavy atom. The first-order valence-electron chi connectivity index (χ1n) is 0. The van der Waals surface area contributed by atoms with Crippen LogP contribution >= 0.6 is 0 Å². The molecular weight excluding hydrogens is 266 g/mol. The average molecular weight is 269 g/mol. The van der Waals surface area contributed by atoms with E-state index in [-0.39, 0.29) is 87.8 Å². The molecule has 3 N–H and O–H groups in total. The van der Waals surface area contributed by atoms with Crippen molar-refractivity contribution in [3.8, 4) is 0 Å². The number of hydrogen-bond donors (Lipinski definition) is 0. The first kappa shape index (κ1) is 236. The molecule has 0 aromatic heterocycles. The molecule has 2 radical (unpaired) electrons. The van der Waals surface area contributed by atoms with Gasteiger partial charge in [-0.2, -0.15) is 0 Å². The van der Waals surface area contributed by atoms with Gasteiger partial charge in [-0.3, -0.25) is 0 Å². The van der Waals surface area contributed by atoms with E-state index < -0.39 is 0 Å². The minimum Gasteiger partial charge on any atom is -1.00 e. The second-order valence-electron chi connectivity index (χ2n) is 0. The monoisotopic (exact) mass is 268 g/mol. The Hall–Kier alpha value is 1.79. The predicted molar refractivity (Wildman–Crippen MR) is 5.81 cm³/mol. The third-order valence-electron chi connectivity index (χ3n) is 0. The first-order chi connectivity index (χ1) is 0. The fraction of sp³-hybridized carbons (Fsp3) is 0. The quantitative estimate of drug-likeness (QED) is 0.409. The van der Waals surface area contributed by atoms with Gasteiger partial charge in [-0.15, -0.1) is 0 Å². The Morgan fingerprint density at radius 2 is 0.375 bits per heavy atom. The predicted octanol–water partition coefficient (Wildman–Crippen LogP) is -9.52. The molecule has 58 valence electrons. The van der Waals surface area contributed by atoms with Gasteiger partial charge in [0.25, 0.3) is 0 Å². The van der Waals surface area contributed by atoms with Crippen LogP contribution in [0.1, 0.15) is 0 Å². The van der Waals surface area contributed by atoms with Crippen LogP contribution in [0.5, 0.6) is 0 Å². The van der Waals surface area contributed by atoms with E-state index in [0.717, 1.165) is 0 Å². The molecule has 0 aromatic rings. The molecule has 0 saturated carbocycles. The smallest absolute Gasteiger partial charge is 1.00 e. The van der Waals surface area contributed by atoms with Crippen molar-refractivity contribution in [2.45, 2.75) is 0 Å². The van der Waals surface area contributed by atoms with Crippen LogP contribution in [0.3, 0.4) is 0 Å². The van der Waals surface area contributed by atoms with Crippen LogP contribution in [0.2, 0.25) is 0 Å². The van der Waals surface area contributed by atoms with Crippen molar-refractivity contribution >= 4 is 0 Å². The zero-order chi connectivity index (χ0) is 0. The maximum absolute atomic E-state index is 0. The molecule has 0 unspecified atom stereocenters. The second kappa shape index (κ2) is 167. The van der Waals surface area contributed by atoms with Gasteiger partial charge in [0, 0.05) is 0 Å². The Bertz CT molecular complexity index is 12.5. The Balaban J connectivity index is 0. The summed E-state index contributed by atoms with van der Waals surface area (Å²) in [6.45, 7) is 0. The van der Waals surface area contributed by atoms with E-state index in [2.05, 4.69) is 0 Å². The summed E-state index contributed by atoms with van der Waals surface area (Å²) < 4.78 is 0. The zero-order valence-corrected chi connectivity index (χ0v) is 7.66. The zero-order valence-electron chi connectivity index (χ0n) is 3.18. The molecule has 0 fully saturated rings. The van der Waals surface area contributed by atoms with Crippen molar-refractivity contribution in [1.82, 2.24) is 0 Å². The molecule has 8 heteroatoms. The van der Waals surface area contributed by atoms with Gasteiger partial charge in [0.15, 0.2) is 0 Å². The molecule has 0 atom stereocenters. The molecule has 0 rings (SSSR count). The van der Waals surface area contributed by atoms with Gasteiger partial charge in [0.2, 0.25) is 0 Å². The molecule has 0 aliphatic heterocycles. The van der Waals surface area contributed by atoms with Crippen molar-refractivity contribution in [2.75, 3.05) is 0 Å². The molecule has 0 aliphatic carbocycles. The van der Waals surface area contributed by atoms with Gasteiger partial charge in [0.05, 0.1) is 0 Å². The summed E-state index contributed by atoms with van der Waals surface area (Å²) in [5.41, 5.74) is 0. The van der Waals surface area contributed by atoms with E-state index >= 15 is 0 Å². The van der Waals surface area contributed by atoms with Crippen LogP contribution in [-0.2, 0) is 34.1 Å². The summed E-state index contributed by atoms with van der Waals surface area (Å²) in [6, 6.07) is 0. The SMILES string of the molecule is [Cl-].[Cl-].[Cl-].[Fe+3].[Fe+3].[OH-].[OH-].[OH-].